The summed E-state index contributed by atoms with van der Waals surface area (Å²) in [4.78, 5) is 2.38. The van der Waals surface area contributed by atoms with Crippen molar-refractivity contribution in [2.24, 2.45) is 0 Å². The first-order valence-corrected chi connectivity index (χ1v) is 16.7. The number of hydrogen-bond acceptors (Lipinski definition) is 7. The average Bonchev–Trinajstić information content (AvgIpc) is 3.26. The fourth-order valence-corrected chi connectivity index (χ4v) is 6.38. The third-order valence-electron chi connectivity index (χ3n) is 7.68. The molecule has 4 rings (SSSR count). The van der Waals surface area contributed by atoms with Crippen molar-refractivity contribution in [1.82, 2.24) is 14.8 Å². The lowest BCUT2D eigenvalue weighted by atomic mass is 9.90. The molecule has 230 valence electrons. The van der Waals surface area contributed by atoms with Crippen LogP contribution < -0.4 is 25.9 Å². The third-order valence-corrected chi connectivity index (χ3v) is 8.98. The van der Waals surface area contributed by atoms with E-state index in [0.29, 0.717) is 23.5 Å². The summed E-state index contributed by atoms with van der Waals surface area (Å²) in [5.74, 6) is 6.36. The minimum absolute atomic E-state index is 0.00363. The first-order valence-electron chi connectivity index (χ1n) is 14.2. The summed E-state index contributed by atoms with van der Waals surface area (Å²) in [6.07, 6.45) is 9.12. The molecule has 2 aromatic rings. The maximum Gasteiger partial charge on any atom is 0.276 e. The second-order valence-corrected chi connectivity index (χ2v) is 14.0. The molecule has 0 aliphatic heterocycles. The Balaban J connectivity index is 1.58. The zero-order valence-corrected chi connectivity index (χ0v) is 26.4. The van der Waals surface area contributed by atoms with Gasteiger partial charge in [0.2, 0.25) is 0 Å². The first kappa shape index (κ1) is 32.3. The number of nitrogens with one attached hydrogen (secondary N) is 2. The van der Waals surface area contributed by atoms with Gasteiger partial charge in [0, 0.05) is 40.7 Å². The number of anilines is 1. The van der Waals surface area contributed by atoms with Crippen LogP contribution in [0.4, 0.5) is 14.5 Å². The molecule has 0 saturated heterocycles. The van der Waals surface area contributed by atoms with Gasteiger partial charge in [0.15, 0.2) is 9.84 Å². The number of nitrogens with zero attached hydrogens (tertiary/aromatic N) is 2. The van der Waals surface area contributed by atoms with Gasteiger partial charge in [0.05, 0.1) is 36.0 Å². The van der Waals surface area contributed by atoms with E-state index in [-0.39, 0.29) is 30.4 Å². The zero-order chi connectivity index (χ0) is 30.5. The maximum atomic E-state index is 14.2. The number of aliphatic hydroxyl groups is 1. The summed E-state index contributed by atoms with van der Waals surface area (Å²) in [5.41, 5.74) is -0.898. The van der Waals surface area contributed by atoms with Crippen LogP contribution in [0.2, 0.25) is 0 Å². The molecule has 8 nitrogen and oxygen atoms in total. The smallest absolute Gasteiger partial charge is 0.276 e. The van der Waals surface area contributed by atoms with E-state index in [1.807, 2.05) is 12.1 Å². The highest BCUT2D eigenvalue weighted by atomic mass is 32.2. The molecule has 12 heteroatoms. The van der Waals surface area contributed by atoms with E-state index < -0.39 is 22.0 Å². The van der Waals surface area contributed by atoms with E-state index in [0.717, 1.165) is 61.0 Å². The number of halogens is 2. The molecule has 1 heterocycles. The largest absolute Gasteiger partial charge is 0.489 e. The van der Waals surface area contributed by atoms with Gasteiger partial charge in [0.25, 0.3) is 5.66 Å². The van der Waals surface area contributed by atoms with E-state index in [1.54, 1.807) is 19.9 Å². The van der Waals surface area contributed by atoms with Crippen molar-refractivity contribution in [3.63, 3.8) is 0 Å². The molecule has 0 spiro atoms. The molecule has 1 aromatic carbocycles. The van der Waals surface area contributed by atoms with Gasteiger partial charge in [-0.1, -0.05) is 21.2 Å². The first-order chi connectivity index (χ1) is 19.9. The Labute approximate surface area is 249 Å². The molecule has 0 amide bonds. The highest BCUT2D eigenvalue weighted by Gasteiger charge is 2.26. The predicted molar refractivity (Wildman–Crippen MR) is 166 cm³/mol. The number of sulfone groups is 1. The molecule has 1 unspecified atom stereocenters. The predicted octanol–water partition coefficient (Wildman–Crippen LogP) is 2.34. The molecule has 0 bridgehead atoms. The quantitative estimate of drug-likeness (QED) is 0.262. The molecular formula is C30H41F2N4O4PS. The number of hydrogen-bond donors (Lipinski definition) is 3. The second kappa shape index (κ2) is 13.8. The van der Waals surface area contributed by atoms with Crippen molar-refractivity contribution in [3.8, 4) is 17.6 Å². The Kier molecular flexibility index (Phi) is 10.6. The van der Waals surface area contributed by atoms with Crippen molar-refractivity contribution in [2.75, 3.05) is 45.4 Å². The SMILES string of the molecule is CN(C)C1CCC(NC2=c3cc(C#CCNc4ccc(S(C)(=O)=O)cc4OCCO)n(CC(F)(F)P)c3=CCC2)CC1. The monoisotopic (exact) mass is 622 g/mol. The van der Waals surface area contributed by atoms with Gasteiger partial charge in [-0.3, -0.25) is 0 Å². The van der Waals surface area contributed by atoms with Gasteiger partial charge in [-0.05, 0) is 76.7 Å². The summed E-state index contributed by atoms with van der Waals surface area (Å²) >= 11 is 0. The molecule has 1 aromatic heterocycles. The lowest BCUT2D eigenvalue weighted by molar-refractivity contribution is 0.0828. The van der Waals surface area contributed by atoms with Gasteiger partial charge in [-0.2, -0.15) is 0 Å². The molecule has 2 aliphatic carbocycles. The van der Waals surface area contributed by atoms with Gasteiger partial charge in [-0.15, -0.1) is 0 Å². The normalized spacial score (nSPS) is 19.0. The van der Waals surface area contributed by atoms with E-state index in [4.69, 9.17) is 9.84 Å². The van der Waals surface area contributed by atoms with Crippen LogP contribution in [0.3, 0.4) is 0 Å². The lowest BCUT2D eigenvalue weighted by Gasteiger charge is -2.34. The number of ether oxygens (including phenoxy) is 1. The summed E-state index contributed by atoms with van der Waals surface area (Å²) in [6, 6.07) is 7.30. The molecule has 3 N–H and O–H groups in total. The van der Waals surface area contributed by atoms with Crippen LogP contribution in [0.15, 0.2) is 29.2 Å². The van der Waals surface area contributed by atoms with Crippen LogP contribution in [-0.2, 0) is 16.4 Å². The summed E-state index contributed by atoms with van der Waals surface area (Å²) < 4.78 is 59.5. The lowest BCUT2D eigenvalue weighted by Crippen LogP contribution is -2.43. The van der Waals surface area contributed by atoms with Crippen LogP contribution in [0.5, 0.6) is 5.75 Å². The number of aromatic nitrogens is 1. The summed E-state index contributed by atoms with van der Waals surface area (Å²) in [5, 5.41) is 17.7. The fourth-order valence-electron chi connectivity index (χ4n) is 5.56. The Morgan fingerprint density at radius 1 is 1.21 bits per heavy atom. The number of alkyl halides is 2. The molecule has 1 atom stereocenters. The highest BCUT2D eigenvalue weighted by Crippen LogP contribution is 2.28. The summed E-state index contributed by atoms with van der Waals surface area (Å²) in [7, 11) is 2.42. The van der Waals surface area contributed by atoms with Crippen LogP contribution in [-0.4, -0.2) is 80.8 Å². The van der Waals surface area contributed by atoms with E-state index in [1.165, 1.54) is 12.1 Å². The van der Waals surface area contributed by atoms with Crippen molar-refractivity contribution >= 4 is 36.5 Å². The minimum atomic E-state index is -3.45. The number of rotatable bonds is 11. The maximum absolute atomic E-state index is 14.2. The Morgan fingerprint density at radius 3 is 2.60 bits per heavy atom. The number of aliphatic hydroxyl groups excluding tert-OH is 1. The number of fused-ring (bicyclic) bond motifs is 1. The Bertz CT molecular complexity index is 1550. The van der Waals surface area contributed by atoms with Crippen LogP contribution in [0.25, 0.3) is 11.8 Å². The number of benzene rings is 1. The topological polar surface area (TPSA) is 95.8 Å². The molecule has 1 saturated carbocycles. The standard InChI is InChI=1S/C30H41F2N4O4PS/c1-35(2)22-11-9-21(10-12-22)34-26-7-4-8-28-25(26)18-23(36(28)20-30(31,32)41)6-5-15-33-27-14-13-24(42(3,38)39)19-29(27)40-17-16-37/h8,13-14,18-19,21-22,33-34,37H,4,7,9-12,15-17,20,41H2,1-3H3. The van der Waals surface area contributed by atoms with Crippen molar-refractivity contribution < 1.29 is 27.0 Å². The molecular weight excluding hydrogens is 581 g/mol. The third kappa shape index (κ3) is 8.47. The van der Waals surface area contributed by atoms with E-state index in [2.05, 4.69) is 41.5 Å². The van der Waals surface area contributed by atoms with Crippen LogP contribution in [0.1, 0.15) is 44.2 Å². The van der Waals surface area contributed by atoms with E-state index in [9.17, 15) is 17.2 Å². The van der Waals surface area contributed by atoms with Gasteiger partial charge in [0.1, 0.15) is 12.4 Å². The Hall–Kier alpha value is -2.64. The van der Waals surface area contributed by atoms with Crippen LogP contribution in [0, 0.1) is 11.8 Å². The molecule has 42 heavy (non-hydrogen) atoms. The van der Waals surface area contributed by atoms with Crippen LogP contribution >= 0.6 is 9.24 Å². The van der Waals surface area contributed by atoms with Gasteiger partial charge in [-0.25, -0.2) is 17.2 Å². The molecule has 2 aliphatic rings. The van der Waals surface area contributed by atoms with Gasteiger partial charge >= 0.3 is 0 Å². The van der Waals surface area contributed by atoms with Gasteiger partial charge < -0.3 is 29.9 Å². The molecule has 1 fully saturated rings. The zero-order valence-electron chi connectivity index (χ0n) is 24.4. The minimum Gasteiger partial charge on any atom is -0.489 e. The van der Waals surface area contributed by atoms with Crippen molar-refractivity contribution in [1.29, 1.82) is 0 Å². The fraction of sp³-hybridized carbons (Fsp3) is 0.533. The van der Waals surface area contributed by atoms with Crippen molar-refractivity contribution in [3.05, 3.63) is 40.5 Å². The average molecular weight is 623 g/mol. The van der Waals surface area contributed by atoms with E-state index >= 15 is 0 Å². The summed E-state index contributed by atoms with van der Waals surface area (Å²) in [6.45, 7) is -0.578. The molecule has 0 radical (unpaired) electrons. The van der Waals surface area contributed by atoms with Crippen molar-refractivity contribution in [2.45, 2.75) is 67.7 Å². The second-order valence-electron chi connectivity index (χ2n) is 11.2. The highest BCUT2D eigenvalue weighted by molar-refractivity contribution is 7.90. The Morgan fingerprint density at radius 2 is 1.95 bits per heavy atom.